The fraction of sp³-hybridized carbons (Fsp3) is 0.500. The number of carbonyl (C=O) groups is 1. The molecule has 5 heteroatoms. The molecule has 0 aromatic heterocycles. The number of likely N-dealkylation sites (tertiary alicyclic amines) is 1. The van der Waals surface area contributed by atoms with Gasteiger partial charge in [0, 0.05) is 26.2 Å². The van der Waals surface area contributed by atoms with Gasteiger partial charge in [-0.1, -0.05) is 30.3 Å². The van der Waals surface area contributed by atoms with Gasteiger partial charge in [-0.3, -0.25) is 9.69 Å². The third-order valence-corrected chi connectivity index (χ3v) is 3.64. The summed E-state index contributed by atoms with van der Waals surface area (Å²) in [6.07, 6.45) is 0.669. The van der Waals surface area contributed by atoms with Gasteiger partial charge in [0.1, 0.15) is 5.88 Å². The fourth-order valence-corrected chi connectivity index (χ4v) is 2.47. The Morgan fingerprint density at radius 1 is 1.42 bits per heavy atom. The predicted molar refractivity (Wildman–Crippen MR) is 75.0 cm³/mol. The monoisotopic (exact) mass is 282 g/mol. The second-order valence-electron chi connectivity index (χ2n) is 5.08. The molecule has 19 heavy (non-hydrogen) atoms. The van der Waals surface area contributed by atoms with Gasteiger partial charge in [-0.05, 0) is 12.0 Å². The number of nitrogens with zero attached hydrogens (tertiary/aromatic N) is 1. The van der Waals surface area contributed by atoms with E-state index in [2.05, 4.69) is 22.3 Å². The maximum absolute atomic E-state index is 11.1. The van der Waals surface area contributed by atoms with Gasteiger partial charge < -0.3 is 10.4 Å². The van der Waals surface area contributed by atoms with Crippen LogP contribution in [0.4, 0.5) is 0 Å². The van der Waals surface area contributed by atoms with E-state index in [0.29, 0.717) is 13.0 Å². The van der Waals surface area contributed by atoms with Gasteiger partial charge in [0.2, 0.25) is 5.91 Å². The van der Waals surface area contributed by atoms with Crippen molar-refractivity contribution in [3.8, 4) is 0 Å². The lowest BCUT2D eigenvalue weighted by atomic mass is 10.0. The molecule has 1 aliphatic heterocycles. The van der Waals surface area contributed by atoms with E-state index in [9.17, 15) is 9.90 Å². The number of carbonyl (C=O) groups excluding carboxylic acids is 1. The van der Waals surface area contributed by atoms with Crippen LogP contribution in [0.1, 0.15) is 12.0 Å². The molecule has 1 unspecified atom stereocenters. The predicted octanol–water partition coefficient (Wildman–Crippen LogP) is 0.978. The third kappa shape index (κ3) is 4.20. The molecule has 2 N–H and O–H groups in total. The highest BCUT2D eigenvalue weighted by atomic mass is 35.5. The summed E-state index contributed by atoms with van der Waals surface area (Å²) in [7, 11) is 0. The lowest BCUT2D eigenvalue weighted by Crippen LogP contribution is -2.45. The number of hydrogen-bond acceptors (Lipinski definition) is 3. The maximum atomic E-state index is 11.1. The van der Waals surface area contributed by atoms with Gasteiger partial charge in [0.25, 0.3) is 0 Å². The van der Waals surface area contributed by atoms with Crippen molar-refractivity contribution in [1.82, 2.24) is 10.2 Å². The van der Waals surface area contributed by atoms with E-state index in [1.807, 2.05) is 18.2 Å². The largest absolute Gasteiger partial charge is 0.387 e. The number of amides is 1. The molecule has 0 spiro atoms. The van der Waals surface area contributed by atoms with Crippen LogP contribution in [0.3, 0.4) is 0 Å². The summed E-state index contributed by atoms with van der Waals surface area (Å²) in [5.74, 6) is -0.305. The van der Waals surface area contributed by atoms with Crippen LogP contribution >= 0.6 is 11.6 Å². The molecular formula is C14H19ClN2O2. The second kappa shape index (κ2) is 6.37. The minimum Gasteiger partial charge on any atom is -0.387 e. The molecule has 0 bridgehead atoms. The van der Waals surface area contributed by atoms with E-state index in [-0.39, 0.29) is 18.3 Å². The van der Waals surface area contributed by atoms with Gasteiger partial charge in [0.05, 0.1) is 5.60 Å². The zero-order valence-corrected chi connectivity index (χ0v) is 11.6. The molecule has 1 amide bonds. The van der Waals surface area contributed by atoms with Crippen LogP contribution in [0, 0.1) is 0 Å². The van der Waals surface area contributed by atoms with Crippen LogP contribution in [0.2, 0.25) is 0 Å². The Kier molecular flexibility index (Phi) is 4.80. The highest BCUT2D eigenvalue weighted by molar-refractivity contribution is 6.27. The highest BCUT2D eigenvalue weighted by Crippen LogP contribution is 2.22. The van der Waals surface area contributed by atoms with E-state index in [1.165, 1.54) is 5.56 Å². The number of rotatable bonds is 5. The van der Waals surface area contributed by atoms with Gasteiger partial charge in [-0.2, -0.15) is 0 Å². The minimum absolute atomic E-state index is 0.0657. The number of hydrogen-bond donors (Lipinski definition) is 2. The number of alkyl halides is 1. The zero-order chi connectivity index (χ0) is 13.7. The van der Waals surface area contributed by atoms with Crippen molar-refractivity contribution in [2.24, 2.45) is 0 Å². The van der Waals surface area contributed by atoms with Gasteiger partial charge in [0.15, 0.2) is 0 Å². The maximum Gasteiger partial charge on any atom is 0.235 e. The number of aliphatic hydroxyl groups is 1. The number of β-amino-alcohol motifs (C(OH)–C–C–N with tert-alkyl or cyclic N) is 1. The van der Waals surface area contributed by atoms with E-state index < -0.39 is 5.60 Å². The summed E-state index contributed by atoms with van der Waals surface area (Å²) in [6.45, 7) is 2.50. The third-order valence-electron chi connectivity index (χ3n) is 3.40. The van der Waals surface area contributed by atoms with Crippen molar-refractivity contribution in [2.45, 2.75) is 18.6 Å². The molecule has 1 aromatic rings. The van der Waals surface area contributed by atoms with Gasteiger partial charge >= 0.3 is 0 Å². The molecule has 0 aliphatic carbocycles. The molecule has 1 aromatic carbocycles. The smallest absolute Gasteiger partial charge is 0.235 e. The SMILES string of the molecule is O=C(CCl)NCC1(O)CCN(Cc2ccccc2)C1. The lowest BCUT2D eigenvalue weighted by molar-refractivity contribution is -0.119. The van der Waals surface area contributed by atoms with Crippen molar-refractivity contribution < 1.29 is 9.90 Å². The number of nitrogens with one attached hydrogen (secondary N) is 1. The number of benzene rings is 1. The molecule has 1 fully saturated rings. The molecular weight excluding hydrogens is 264 g/mol. The summed E-state index contributed by atoms with van der Waals surface area (Å²) in [6, 6.07) is 10.2. The zero-order valence-electron chi connectivity index (χ0n) is 10.8. The van der Waals surface area contributed by atoms with Crippen LogP contribution in [0.15, 0.2) is 30.3 Å². The summed E-state index contributed by atoms with van der Waals surface area (Å²) in [4.78, 5) is 13.3. The fourth-order valence-electron chi connectivity index (χ4n) is 2.37. The first-order valence-corrected chi connectivity index (χ1v) is 6.96. The Bertz CT molecular complexity index is 427. The minimum atomic E-state index is -0.837. The van der Waals surface area contributed by atoms with Crippen LogP contribution in [-0.2, 0) is 11.3 Å². The van der Waals surface area contributed by atoms with E-state index in [1.54, 1.807) is 0 Å². The Morgan fingerprint density at radius 2 is 2.16 bits per heavy atom. The van der Waals surface area contributed by atoms with Crippen LogP contribution in [0.5, 0.6) is 0 Å². The molecule has 1 atom stereocenters. The lowest BCUT2D eigenvalue weighted by Gasteiger charge is -2.23. The summed E-state index contributed by atoms with van der Waals surface area (Å²) in [5, 5.41) is 13.0. The average Bonchev–Trinajstić information content (AvgIpc) is 2.79. The Morgan fingerprint density at radius 3 is 2.84 bits per heavy atom. The van der Waals surface area contributed by atoms with E-state index in [0.717, 1.165) is 13.1 Å². The standard InChI is InChI=1S/C14H19ClN2O2/c15-8-13(18)16-10-14(19)6-7-17(11-14)9-12-4-2-1-3-5-12/h1-5,19H,6-11H2,(H,16,18). The van der Waals surface area contributed by atoms with Crippen LogP contribution < -0.4 is 5.32 Å². The molecule has 0 radical (unpaired) electrons. The highest BCUT2D eigenvalue weighted by Gasteiger charge is 2.36. The van der Waals surface area contributed by atoms with Crippen molar-refractivity contribution in [2.75, 3.05) is 25.5 Å². The molecule has 104 valence electrons. The second-order valence-corrected chi connectivity index (χ2v) is 5.35. The van der Waals surface area contributed by atoms with Gasteiger partial charge in [-0.25, -0.2) is 0 Å². The van der Waals surface area contributed by atoms with Crippen molar-refractivity contribution >= 4 is 17.5 Å². The first-order valence-electron chi connectivity index (χ1n) is 6.43. The quantitative estimate of drug-likeness (QED) is 0.792. The van der Waals surface area contributed by atoms with Crippen LogP contribution in [0.25, 0.3) is 0 Å². The molecule has 1 aliphatic rings. The first kappa shape index (κ1) is 14.3. The average molecular weight is 283 g/mol. The molecule has 4 nitrogen and oxygen atoms in total. The van der Waals surface area contributed by atoms with Crippen LogP contribution in [-0.4, -0.2) is 47.0 Å². The van der Waals surface area contributed by atoms with Crippen molar-refractivity contribution in [3.05, 3.63) is 35.9 Å². The summed E-state index contributed by atoms with van der Waals surface area (Å²) < 4.78 is 0. The Hall–Kier alpha value is -1.10. The Labute approximate surface area is 118 Å². The molecule has 1 heterocycles. The first-order chi connectivity index (χ1) is 9.11. The normalized spacial score (nSPS) is 23.5. The van der Waals surface area contributed by atoms with Gasteiger partial charge in [-0.15, -0.1) is 11.6 Å². The van der Waals surface area contributed by atoms with Crippen molar-refractivity contribution in [3.63, 3.8) is 0 Å². The topological polar surface area (TPSA) is 52.6 Å². The molecule has 2 rings (SSSR count). The summed E-state index contributed by atoms with van der Waals surface area (Å²) in [5.41, 5.74) is 0.396. The van der Waals surface area contributed by atoms with Crippen molar-refractivity contribution in [1.29, 1.82) is 0 Å². The molecule has 0 saturated carbocycles. The van der Waals surface area contributed by atoms with E-state index >= 15 is 0 Å². The number of halogens is 1. The Balaban J connectivity index is 1.83. The summed E-state index contributed by atoms with van der Waals surface area (Å²) >= 11 is 5.41. The van der Waals surface area contributed by atoms with E-state index in [4.69, 9.17) is 11.6 Å². The molecule has 1 saturated heterocycles.